The molecule has 0 fully saturated rings. The van der Waals surface area contributed by atoms with E-state index in [1.54, 1.807) is 23.1 Å². The summed E-state index contributed by atoms with van der Waals surface area (Å²) in [5.41, 5.74) is 4.40. The van der Waals surface area contributed by atoms with Crippen molar-refractivity contribution in [3.63, 3.8) is 0 Å². The lowest BCUT2D eigenvalue weighted by Gasteiger charge is -2.19. The highest BCUT2D eigenvalue weighted by Crippen LogP contribution is 2.35. The summed E-state index contributed by atoms with van der Waals surface area (Å²) in [5.74, 6) is 1.33. The van der Waals surface area contributed by atoms with E-state index in [0.717, 1.165) is 40.1 Å². The Hall–Kier alpha value is -1.46. The lowest BCUT2D eigenvalue weighted by molar-refractivity contribution is -0.115. The van der Waals surface area contributed by atoms with Gasteiger partial charge in [0, 0.05) is 5.69 Å². The highest BCUT2D eigenvalue weighted by Gasteiger charge is 2.23. The highest BCUT2D eigenvalue weighted by molar-refractivity contribution is 8.00. The lowest BCUT2D eigenvalue weighted by atomic mass is 10.0. The Morgan fingerprint density at radius 1 is 1.00 bits per heavy atom. The van der Waals surface area contributed by atoms with Crippen LogP contribution in [0.3, 0.4) is 0 Å². The zero-order valence-corrected chi connectivity index (χ0v) is 22.0. The van der Waals surface area contributed by atoms with Gasteiger partial charge in [0.25, 0.3) is 0 Å². The molecule has 1 aromatic heterocycles. The number of nitrogens with one attached hydrogen (secondary N) is 1. The Labute approximate surface area is 203 Å². The van der Waals surface area contributed by atoms with Crippen molar-refractivity contribution in [1.82, 2.24) is 0 Å². The third kappa shape index (κ3) is 8.47. The summed E-state index contributed by atoms with van der Waals surface area (Å²) in [7, 11) is 0. The second-order valence-corrected chi connectivity index (χ2v) is 10.8. The van der Waals surface area contributed by atoms with Gasteiger partial charge in [0.15, 0.2) is 0 Å². The Morgan fingerprint density at radius 3 is 2.22 bits per heavy atom. The maximum atomic E-state index is 13.2. The van der Waals surface area contributed by atoms with Crippen LogP contribution in [0.1, 0.15) is 98.6 Å². The molecule has 0 aliphatic rings. The number of aromatic hydroxyl groups is 1. The molecule has 1 amide bonds. The van der Waals surface area contributed by atoms with Crippen molar-refractivity contribution < 1.29 is 9.90 Å². The quantitative estimate of drug-likeness (QED) is 0.200. The number of aryl methyl sites for hydroxylation is 1. The predicted octanol–water partition coefficient (Wildman–Crippen LogP) is 8.71. The molecule has 2 N–H and O–H groups in total. The maximum Gasteiger partial charge on any atom is 0.242 e. The summed E-state index contributed by atoms with van der Waals surface area (Å²) in [6.45, 7) is 7.97. The van der Waals surface area contributed by atoms with Crippen LogP contribution in [0.25, 0.3) is 0 Å². The number of carbonyl (C=O) groups is 1. The Kier molecular flexibility index (Phi) is 12.3. The summed E-state index contributed by atoms with van der Waals surface area (Å²) in [6, 6.07) is 3.92. The summed E-state index contributed by atoms with van der Waals surface area (Å²) < 4.78 is 0. The van der Waals surface area contributed by atoms with E-state index >= 15 is 0 Å². The molecular formula is C27H41NO2S2. The fourth-order valence-corrected chi connectivity index (χ4v) is 5.86. The molecule has 1 unspecified atom stereocenters. The monoisotopic (exact) mass is 475 g/mol. The van der Waals surface area contributed by atoms with Crippen LogP contribution < -0.4 is 5.32 Å². The molecule has 178 valence electrons. The molecule has 0 aliphatic carbocycles. The molecule has 0 saturated carbocycles. The Balaban J connectivity index is 1.81. The maximum absolute atomic E-state index is 13.2. The fraction of sp³-hybridized carbons (Fsp3) is 0.593. The first-order valence-corrected chi connectivity index (χ1v) is 14.2. The molecule has 2 aromatic rings. The molecule has 32 heavy (non-hydrogen) atoms. The van der Waals surface area contributed by atoms with Gasteiger partial charge < -0.3 is 10.4 Å². The zero-order valence-electron chi connectivity index (χ0n) is 20.3. The minimum Gasteiger partial charge on any atom is -0.507 e. The van der Waals surface area contributed by atoms with E-state index in [1.807, 2.05) is 32.2 Å². The molecular weight excluding hydrogens is 434 g/mol. The lowest BCUT2D eigenvalue weighted by Crippen LogP contribution is -2.20. The highest BCUT2D eigenvalue weighted by atomic mass is 32.2. The number of hydrogen-bond acceptors (Lipinski definition) is 4. The van der Waals surface area contributed by atoms with Gasteiger partial charge in [-0.15, -0.1) is 11.8 Å². The second kappa shape index (κ2) is 14.6. The van der Waals surface area contributed by atoms with Gasteiger partial charge >= 0.3 is 0 Å². The first kappa shape index (κ1) is 26.8. The van der Waals surface area contributed by atoms with Gasteiger partial charge in [-0.3, -0.25) is 4.79 Å². The van der Waals surface area contributed by atoms with Gasteiger partial charge in [0.1, 0.15) is 11.0 Å². The van der Waals surface area contributed by atoms with Crippen LogP contribution in [0.15, 0.2) is 22.9 Å². The SMILES string of the molecule is CCCCCCCCCCCCSC(C(=O)Nc1cc(C)c(O)c(C)c1C)c1ccsc1. The number of hydrogen-bond donors (Lipinski definition) is 2. The van der Waals surface area contributed by atoms with Gasteiger partial charge in [-0.1, -0.05) is 64.7 Å². The largest absolute Gasteiger partial charge is 0.507 e. The molecule has 1 heterocycles. The van der Waals surface area contributed by atoms with E-state index in [0.29, 0.717) is 5.75 Å². The zero-order chi connectivity index (χ0) is 23.3. The standard InChI is InChI=1S/C27H41NO2S2/c1-5-6-7-8-9-10-11-12-13-14-16-32-26(23-15-17-31-19-23)27(30)28-24-18-20(2)25(29)22(4)21(24)3/h15,17-19,26,29H,5-14,16H2,1-4H3,(H,28,30). The van der Waals surface area contributed by atoms with Crippen LogP contribution in [-0.2, 0) is 4.79 Å². The number of rotatable bonds is 15. The van der Waals surface area contributed by atoms with Crippen molar-refractivity contribution in [2.45, 2.75) is 97.2 Å². The number of amides is 1. The summed E-state index contributed by atoms with van der Waals surface area (Å²) in [5, 5.41) is 17.2. The van der Waals surface area contributed by atoms with Crippen molar-refractivity contribution in [3.8, 4) is 5.75 Å². The van der Waals surface area contributed by atoms with E-state index in [2.05, 4.69) is 23.7 Å². The third-order valence-corrected chi connectivity index (χ3v) is 8.23. The minimum absolute atomic E-state index is 0.0214. The van der Waals surface area contributed by atoms with Crippen LogP contribution in [-0.4, -0.2) is 16.8 Å². The van der Waals surface area contributed by atoms with Crippen molar-refractivity contribution >= 4 is 34.7 Å². The molecule has 1 atom stereocenters. The summed E-state index contributed by atoms with van der Waals surface area (Å²) in [4.78, 5) is 13.2. The Morgan fingerprint density at radius 2 is 1.62 bits per heavy atom. The number of anilines is 1. The van der Waals surface area contributed by atoms with E-state index in [1.165, 1.54) is 57.8 Å². The minimum atomic E-state index is -0.200. The normalized spacial score (nSPS) is 12.1. The predicted molar refractivity (Wildman–Crippen MR) is 142 cm³/mol. The molecule has 0 aliphatic heterocycles. The molecule has 0 saturated heterocycles. The number of carbonyl (C=O) groups excluding carboxylic acids is 1. The van der Waals surface area contributed by atoms with Crippen molar-refractivity contribution in [2.24, 2.45) is 0 Å². The molecule has 2 rings (SSSR count). The molecule has 0 spiro atoms. The third-order valence-electron chi connectivity index (χ3n) is 6.18. The second-order valence-electron chi connectivity index (χ2n) is 8.82. The fourth-order valence-electron chi connectivity index (χ4n) is 3.93. The summed E-state index contributed by atoms with van der Waals surface area (Å²) in [6.07, 6.45) is 13.3. The Bertz CT molecular complexity index is 818. The van der Waals surface area contributed by atoms with Gasteiger partial charge in [0.05, 0.1) is 0 Å². The van der Waals surface area contributed by atoms with Crippen LogP contribution >= 0.6 is 23.1 Å². The van der Waals surface area contributed by atoms with Gasteiger partial charge in [0.2, 0.25) is 5.91 Å². The van der Waals surface area contributed by atoms with E-state index < -0.39 is 0 Å². The number of phenols is 1. The van der Waals surface area contributed by atoms with Crippen LogP contribution in [0.4, 0.5) is 5.69 Å². The number of benzene rings is 1. The first-order chi connectivity index (χ1) is 15.5. The number of unbranched alkanes of at least 4 members (excludes halogenated alkanes) is 9. The summed E-state index contributed by atoms with van der Waals surface area (Å²) >= 11 is 3.38. The van der Waals surface area contributed by atoms with E-state index in [-0.39, 0.29) is 11.2 Å². The van der Waals surface area contributed by atoms with Crippen LogP contribution in [0.2, 0.25) is 0 Å². The van der Waals surface area contributed by atoms with E-state index in [9.17, 15) is 9.90 Å². The van der Waals surface area contributed by atoms with E-state index in [4.69, 9.17) is 0 Å². The van der Waals surface area contributed by atoms with Gasteiger partial charge in [-0.25, -0.2) is 0 Å². The molecule has 0 radical (unpaired) electrons. The molecule has 0 bridgehead atoms. The van der Waals surface area contributed by atoms with Crippen LogP contribution in [0.5, 0.6) is 5.75 Å². The van der Waals surface area contributed by atoms with Crippen molar-refractivity contribution in [2.75, 3.05) is 11.1 Å². The van der Waals surface area contributed by atoms with Gasteiger partial charge in [-0.2, -0.15) is 11.3 Å². The average molecular weight is 476 g/mol. The number of thioether (sulfide) groups is 1. The van der Waals surface area contributed by atoms with Gasteiger partial charge in [-0.05, 0) is 78.1 Å². The molecule has 3 nitrogen and oxygen atoms in total. The number of thiophene rings is 1. The smallest absolute Gasteiger partial charge is 0.242 e. The first-order valence-electron chi connectivity index (χ1n) is 12.2. The van der Waals surface area contributed by atoms with Crippen molar-refractivity contribution in [1.29, 1.82) is 0 Å². The number of phenolic OH excluding ortho intramolecular Hbond substituents is 1. The van der Waals surface area contributed by atoms with Crippen molar-refractivity contribution in [3.05, 3.63) is 45.1 Å². The molecule has 5 heteroatoms. The average Bonchev–Trinajstić information content (AvgIpc) is 3.31. The molecule has 1 aromatic carbocycles. The topological polar surface area (TPSA) is 49.3 Å². The van der Waals surface area contributed by atoms with Crippen LogP contribution in [0, 0.1) is 20.8 Å².